The summed E-state index contributed by atoms with van der Waals surface area (Å²) < 4.78 is 29.2. The number of aromatic nitrogens is 2. The second-order valence-electron chi connectivity index (χ2n) is 5.44. The van der Waals surface area contributed by atoms with Crippen LogP contribution in [0.5, 0.6) is 0 Å². The number of fused-ring (bicyclic) bond motifs is 1. The summed E-state index contributed by atoms with van der Waals surface area (Å²) in [5.41, 5.74) is 0.692. The lowest BCUT2D eigenvalue weighted by Gasteiger charge is -2.15. The summed E-state index contributed by atoms with van der Waals surface area (Å²) in [6.45, 7) is 3.85. The van der Waals surface area contributed by atoms with E-state index in [2.05, 4.69) is 9.88 Å². The van der Waals surface area contributed by atoms with Crippen LogP contribution in [0.3, 0.4) is 0 Å². The molecule has 0 saturated carbocycles. The van der Waals surface area contributed by atoms with Gasteiger partial charge in [-0.05, 0) is 51.0 Å². The fraction of sp³-hybridized carbons (Fsp3) is 0.533. The molecule has 21 heavy (non-hydrogen) atoms. The number of halogens is 3. The van der Waals surface area contributed by atoms with Gasteiger partial charge in [-0.1, -0.05) is 0 Å². The number of aryl methyl sites for hydroxylation is 1. The Kier molecular flexibility index (Phi) is 4.40. The quantitative estimate of drug-likeness (QED) is 0.787. The molecular formula is C15H18ClF2N3. The Morgan fingerprint density at radius 3 is 2.62 bits per heavy atom. The normalized spacial score (nSPS) is 16.1. The fourth-order valence-electron chi connectivity index (χ4n) is 3.01. The van der Waals surface area contributed by atoms with Crippen molar-refractivity contribution in [1.29, 1.82) is 0 Å². The maximum atomic E-state index is 14.0. The van der Waals surface area contributed by atoms with Crippen LogP contribution < -0.4 is 0 Å². The van der Waals surface area contributed by atoms with Crippen LogP contribution in [0.15, 0.2) is 12.1 Å². The minimum absolute atomic E-state index is 0.194. The first-order valence-electron chi connectivity index (χ1n) is 7.32. The van der Waals surface area contributed by atoms with Gasteiger partial charge in [0, 0.05) is 6.54 Å². The van der Waals surface area contributed by atoms with E-state index in [1.54, 1.807) is 4.57 Å². The molecule has 1 aromatic heterocycles. The monoisotopic (exact) mass is 313 g/mol. The van der Waals surface area contributed by atoms with Gasteiger partial charge in [0.1, 0.15) is 11.3 Å². The maximum Gasteiger partial charge on any atom is 0.184 e. The summed E-state index contributed by atoms with van der Waals surface area (Å²) in [4.78, 5) is 6.69. The lowest BCUT2D eigenvalue weighted by atomic mass is 10.3. The third kappa shape index (κ3) is 2.90. The molecule has 0 unspecified atom stereocenters. The van der Waals surface area contributed by atoms with Crippen molar-refractivity contribution in [2.45, 2.75) is 31.7 Å². The summed E-state index contributed by atoms with van der Waals surface area (Å²) >= 11 is 5.89. The van der Waals surface area contributed by atoms with Crippen molar-refractivity contribution in [3.8, 4) is 0 Å². The number of hydrogen-bond acceptors (Lipinski definition) is 2. The van der Waals surface area contributed by atoms with Crippen LogP contribution in [-0.4, -0.2) is 34.1 Å². The van der Waals surface area contributed by atoms with E-state index >= 15 is 0 Å². The van der Waals surface area contributed by atoms with Crippen molar-refractivity contribution in [3.63, 3.8) is 0 Å². The van der Waals surface area contributed by atoms with E-state index in [-0.39, 0.29) is 11.4 Å². The van der Waals surface area contributed by atoms with Gasteiger partial charge in [0.25, 0.3) is 0 Å². The molecule has 1 aliphatic rings. The van der Waals surface area contributed by atoms with E-state index in [0.717, 1.165) is 32.1 Å². The molecule has 3 nitrogen and oxygen atoms in total. The molecule has 2 heterocycles. The Bertz CT molecular complexity index is 635. The van der Waals surface area contributed by atoms with Crippen molar-refractivity contribution >= 4 is 22.6 Å². The van der Waals surface area contributed by atoms with Crippen LogP contribution >= 0.6 is 11.6 Å². The van der Waals surface area contributed by atoms with Crippen LogP contribution in [0.4, 0.5) is 8.78 Å². The standard InChI is InChI=1S/C15H18ClF2N3/c16-10-13-19-12-5-4-11(17)14(18)15(12)21(13)9-3-8-20-6-1-2-7-20/h4-5H,1-3,6-10H2. The number of imidazole rings is 1. The van der Waals surface area contributed by atoms with Crippen LogP contribution in [0.25, 0.3) is 11.0 Å². The third-order valence-corrected chi connectivity index (χ3v) is 4.29. The van der Waals surface area contributed by atoms with Gasteiger partial charge in [0.15, 0.2) is 11.6 Å². The van der Waals surface area contributed by atoms with E-state index < -0.39 is 11.6 Å². The largest absolute Gasteiger partial charge is 0.324 e. The fourth-order valence-corrected chi connectivity index (χ4v) is 3.21. The third-order valence-electron chi connectivity index (χ3n) is 4.05. The van der Waals surface area contributed by atoms with Gasteiger partial charge < -0.3 is 9.47 Å². The summed E-state index contributed by atoms with van der Waals surface area (Å²) in [6.07, 6.45) is 3.38. The molecule has 0 amide bonds. The van der Waals surface area contributed by atoms with Gasteiger partial charge in [-0.25, -0.2) is 13.8 Å². The van der Waals surface area contributed by atoms with Gasteiger partial charge in [-0.2, -0.15) is 0 Å². The van der Waals surface area contributed by atoms with Crippen LogP contribution in [0.1, 0.15) is 25.1 Å². The van der Waals surface area contributed by atoms with Crippen molar-refractivity contribution in [3.05, 3.63) is 29.6 Å². The molecule has 0 aliphatic carbocycles. The molecule has 1 fully saturated rings. The lowest BCUT2D eigenvalue weighted by Crippen LogP contribution is -2.21. The topological polar surface area (TPSA) is 21.1 Å². The Morgan fingerprint density at radius 2 is 1.90 bits per heavy atom. The average Bonchev–Trinajstić information content (AvgIpc) is 3.11. The molecule has 3 rings (SSSR count). The first kappa shape index (κ1) is 14.7. The summed E-state index contributed by atoms with van der Waals surface area (Å²) in [7, 11) is 0. The van der Waals surface area contributed by atoms with Gasteiger partial charge in [-0.3, -0.25) is 0 Å². The molecule has 0 N–H and O–H groups in total. The summed E-state index contributed by atoms with van der Waals surface area (Å²) in [5, 5.41) is 0. The number of benzene rings is 1. The van der Waals surface area contributed by atoms with E-state index in [4.69, 9.17) is 11.6 Å². The zero-order valence-electron chi connectivity index (χ0n) is 11.8. The minimum Gasteiger partial charge on any atom is -0.324 e. The zero-order valence-corrected chi connectivity index (χ0v) is 12.5. The molecule has 1 aromatic carbocycles. The van der Waals surface area contributed by atoms with Crippen molar-refractivity contribution in [2.75, 3.05) is 19.6 Å². The minimum atomic E-state index is -0.843. The number of alkyl halides is 1. The van der Waals surface area contributed by atoms with Gasteiger partial charge in [0.05, 0.1) is 11.4 Å². The molecule has 0 bridgehead atoms. The maximum absolute atomic E-state index is 14.0. The van der Waals surface area contributed by atoms with E-state index in [0.29, 0.717) is 17.9 Å². The van der Waals surface area contributed by atoms with E-state index in [1.807, 2.05) is 0 Å². The number of hydrogen-bond donors (Lipinski definition) is 0. The SMILES string of the molecule is Fc1ccc2nc(CCl)n(CCCN3CCCC3)c2c1F. The second-order valence-corrected chi connectivity index (χ2v) is 5.71. The van der Waals surface area contributed by atoms with Crippen LogP contribution in [-0.2, 0) is 12.4 Å². The van der Waals surface area contributed by atoms with Crippen molar-refractivity contribution in [1.82, 2.24) is 14.5 Å². The van der Waals surface area contributed by atoms with Crippen LogP contribution in [0.2, 0.25) is 0 Å². The van der Waals surface area contributed by atoms with Crippen molar-refractivity contribution < 1.29 is 8.78 Å². The molecular weight excluding hydrogens is 296 g/mol. The average molecular weight is 314 g/mol. The van der Waals surface area contributed by atoms with E-state index in [9.17, 15) is 8.78 Å². The number of rotatable bonds is 5. The number of nitrogens with zero attached hydrogens (tertiary/aromatic N) is 3. The zero-order chi connectivity index (χ0) is 14.8. The highest BCUT2D eigenvalue weighted by atomic mass is 35.5. The molecule has 6 heteroatoms. The predicted octanol–water partition coefficient (Wildman–Crippen LogP) is 3.54. The molecule has 2 aromatic rings. The number of likely N-dealkylation sites (tertiary alicyclic amines) is 1. The molecule has 114 valence electrons. The van der Waals surface area contributed by atoms with Crippen LogP contribution in [0, 0.1) is 11.6 Å². The molecule has 0 radical (unpaired) electrons. The first-order valence-corrected chi connectivity index (χ1v) is 7.85. The van der Waals surface area contributed by atoms with Gasteiger partial charge in [0.2, 0.25) is 0 Å². The highest BCUT2D eigenvalue weighted by molar-refractivity contribution is 6.16. The van der Waals surface area contributed by atoms with Gasteiger partial charge in [-0.15, -0.1) is 11.6 Å². The highest BCUT2D eigenvalue weighted by Crippen LogP contribution is 2.23. The molecule has 1 saturated heterocycles. The first-order chi connectivity index (χ1) is 10.2. The summed E-state index contributed by atoms with van der Waals surface area (Å²) in [6, 6.07) is 2.61. The van der Waals surface area contributed by atoms with Gasteiger partial charge >= 0.3 is 0 Å². The Hall–Kier alpha value is -1.20. The second kappa shape index (κ2) is 6.28. The Balaban J connectivity index is 1.83. The summed E-state index contributed by atoms with van der Waals surface area (Å²) in [5.74, 6) is -0.890. The predicted molar refractivity (Wildman–Crippen MR) is 79.5 cm³/mol. The Labute approximate surface area is 127 Å². The van der Waals surface area contributed by atoms with Crippen molar-refractivity contribution in [2.24, 2.45) is 0 Å². The Morgan fingerprint density at radius 1 is 1.14 bits per heavy atom. The lowest BCUT2D eigenvalue weighted by molar-refractivity contribution is 0.325. The molecule has 0 atom stereocenters. The molecule has 1 aliphatic heterocycles. The van der Waals surface area contributed by atoms with E-state index in [1.165, 1.54) is 18.9 Å². The highest BCUT2D eigenvalue weighted by Gasteiger charge is 2.17. The smallest absolute Gasteiger partial charge is 0.184 e. The molecule has 0 spiro atoms.